The highest BCUT2D eigenvalue weighted by atomic mass is 32.2. The van der Waals surface area contributed by atoms with Crippen molar-refractivity contribution in [2.75, 3.05) is 45.9 Å². The summed E-state index contributed by atoms with van der Waals surface area (Å²) in [5, 5.41) is 0. The second-order valence-electron chi connectivity index (χ2n) is 5.98. The second-order valence-corrected chi connectivity index (χ2v) is 7.92. The summed E-state index contributed by atoms with van der Waals surface area (Å²) in [6.07, 6.45) is 0.884. The van der Waals surface area contributed by atoms with Gasteiger partial charge >= 0.3 is 0 Å². The Labute approximate surface area is 147 Å². The lowest BCUT2D eigenvalue weighted by atomic mass is 10.3. The molecule has 0 saturated carbocycles. The van der Waals surface area contributed by atoms with E-state index in [1.54, 1.807) is 11.0 Å². The predicted molar refractivity (Wildman–Crippen MR) is 91.1 cm³/mol. The van der Waals surface area contributed by atoms with Gasteiger partial charge < -0.3 is 20.1 Å². The number of ether oxygens (including phenoxy) is 2. The molecule has 0 bridgehead atoms. The van der Waals surface area contributed by atoms with E-state index in [1.165, 1.54) is 16.4 Å². The number of nitrogens with two attached hydrogens (primary N) is 1. The molecule has 1 saturated heterocycles. The van der Waals surface area contributed by atoms with Crippen molar-refractivity contribution in [2.45, 2.75) is 17.7 Å². The van der Waals surface area contributed by atoms with Gasteiger partial charge in [-0.1, -0.05) is 0 Å². The van der Waals surface area contributed by atoms with E-state index in [4.69, 9.17) is 15.2 Å². The fourth-order valence-corrected chi connectivity index (χ4v) is 4.48. The van der Waals surface area contributed by atoms with Crippen LogP contribution in [0.2, 0.25) is 0 Å². The van der Waals surface area contributed by atoms with Crippen molar-refractivity contribution in [2.24, 2.45) is 5.73 Å². The van der Waals surface area contributed by atoms with E-state index >= 15 is 0 Å². The molecule has 9 heteroatoms. The highest BCUT2D eigenvalue weighted by Crippen LogP contribution is 2.33. The molecule has 3 rings (SSSR count). The molecule has 2 N–H and O–H groups in total. The minimum Gasteiger partial charge on any atom is -0.486 e. The van der Waals surface area contributed by atoms with Crippen molar-refractivity contribution >= 4 is 15.9 Å². The van der Waals surface area contributed by atoms with Crippen LogP contribution in [0.4, 0.5) is 0 Å². The van der Waals surface area contributed by atoms with Crippen LogP contribution in [0.1, 0.15) is 12.8 Å². The Bertz CT molecular complexity index is 737. The first kappa shape index (κ1) is 18.0. The van der Waals surface area contributed by atoms with Gasteiger partial charge in [-0.3, -0.25) is 4.79 Å². The lowest BCUT2D eigenvalue weighted by Crippen LogP contribution is -2.37. The number of benzene rings is 1. The number of carbonyl (C=O) groups is 1. The Morgan fingerprint density at radius 2 is 1.84 bits per heavy atom. The number of rotatable bonds is 4. The Morgan fingerprint density at radius 3 is 2.60 bits per heavy atom. The lowest BCUT2D eigenvalue weighted by Gasteiger charge is -2.23. The molecular formula is C16H23N3O5S. The van der Waals surface area contributed by atoms with Gasteiger partial charge in [0.15, 0.2) is 11.5 Å². The van der Waals surface area contributed by atoms with Crippen LogP contribution in [-0.2, 0) is 14.8 Å². The summed E-state index contributed by atoms with van der Waals surface area (Å²) in [7, 11) is -3.65. The molecule has 0 aliphatic carbocycles. The molecule has 0 atom stereocenters. The molecule has 2 heterocycles. The van der Waals surface area contributed by atoms with E-state index in [1.807, 2.05) is 0 Å². The Morgan fingerprint density at radius 1 is 1.08 bits per heavy atom. The predicted octanol–water partition coefficient (Wildman–Crippen LogP) is 0.0296. The minimum absolute atomic E-state index is 0.0268. The van der Waals surface area contributed by atoms with Crippen molar-refractivity contribution in [3.8, 4) is 11.5 Å². The van der Waals surface area contributed by atoms with Gasteiger partial charge in [0.05, 0.1) is 4.90 Å². The van der Waals surface area contributed by atoms with Gasteiger partial charge in [0.25, 0.3) is 0 Å². The number of sulfonamides is 1. The second kappa shape index (κ2) is 7.59. The molecule has 1 aromatic rings. The van der Waals surface area contributed by atoms with E-state index in [-0.39, 0.29) is 23.8 Å². The average molecular weight is 369 g/mol. The zero-order valence-corrected chi connectivity index (χ0v) is 14.8. The molecule has 0 spiro atoms. The van der Waals surface area contributed by atoms with Crippen molar-refractivity contribution < 1.29 is 22.7 Å². The molecule has 8 nitrogen and oxygen atoms in total. The molecule has 25 heavy (non-hydrogen) atoms. The fraction of sp³-hybridized carbons (Fsp3) is 0.562. The van der Waals surface area contributed by atoms with Gasteiger partial charge in [-0.15, -0.1) is 0 Å². The molecule has 0 radical (unpaired) electrons. The molecule has 0 aromatic heterocycles. The van der Waals surface area contributed by atoms with Crippen molar-refractivity contribution in [3.05, 3.63) is 18.2 Å². The fourth-order valence-electron chi connectivity index (χ4n) is 3.00. The number of fused-ring (bicyclic) bond motifs is 1. The summed E-state index contributed by atoms with van der Waals surface area (Å²) in [5.74, 6) is 0.975. The van der Waals surface area contributed by atoms with E-state index < -0.39 is 10.0 Å². The zero-order valence-electron chi connectivity index (χ0n) is 14.0. The molecule has 2 aliphatic heterocycles. The van der Waals surface area contributed by atoms with E-state index in [0.29, 0.717) is 57.3 Å². The first-order valence-corrected chi connectivity index (χ1v) is 9.84. The van der Waals surface area contributed by atoms with E-state index in [0.717, 1.165) is 0 Å². The standard InChI is InChI=1S/C16H23N3O5S/c17-5-4-16(20)18-6-1-7-19(9-8-18)25(21,22)13-2-3-14-15(12-13)24-11-10-23-14/h2-3,12H,1,4-11,17H2. The van der Waals surface area contributed by atoms with Crippen LogP contribution in [0.3, 0.4) is 0 Å². The normalized spacial score (nSPS) is 18.7. The molecule has 1 amide bonds. The van der Waals surface area contributed by atoms with Crippen LogP contribution in [0, 0.1) is 0 Å². The molecule has 1 aromatic carbocycles. The average Bonchev–Trinajstić information content (AvgIpc) is 2.88. The first-order valence-electron chi connectivity index (χ1n) is 8.40. The van der Waals surface area contributed by atoms with E-state index in [9.17, 15) is 13.2 Å². The van der Waals surface area contributed by atoms with Crippen LogP contribution >= 0.6 is 0 Å². The molecule has 138 valence electrons. The zero-order chi connectivity index (χ0) is 17.9. The molecule has 0 unspecified atom stereocenters. The van der Waals surface area contributed by atoms with Crippen LogP contribution < -0.4 is 15.2 Å². The number of carbonyl (C=O) groups excluding carboxylic acids is 1. The summed E-state index contributed by atoms with van der Waals surface area (Å²) in [6.45, 7) is 2.73. The maximum absolute atomic E-state index is 12.9. The van der Waals surface area contributed by atoms with Crippen LogP contribution in [0.25, 0.3) is 0 Å². The summed E-state index contributed by atoms with van der Waals surface area (Å²) < 4.78 is 38.2. The smallest absolute Gasteiger partial charge is 0.243 e. The Hall–Kier alpha value is -1.84. The number of hydrogen-bond acceptors (Lipinski definition) is 6. The lowest BCUT2D eigenvalue weighted by molar-refractivity contribution is -0.130. The monoisotopic (exact) mass is 369 g/mol. The van der Waals surface area contributed by atoms with Gasteiger partial charge in [0.1, 0.15) is 13.2 Å². The van der Waals surface area contributed by atoms with Crippen molar-refractivity contribution in [1.29, 1.82) is 0 Å². The maximum Gasteiger partial charge on any atom is 0.243 e. The van der Waals surface area contributed by atoms with Gasteiger partial charge in [-0.2, -0.15) is 4.31 Å². The minimum atomic E-state index is -3.65. The molecule has 2 aliphatic rings. The van der Waals surface area contributed by atoms with Crippen LogP contribution in [-0.4, -0.2) is 69.5 Å². The quantitative estimate of drug-likeness (QED) is 0.803. The van der Waals surface area contributed by atoms with E-state index in [2.05, 4.69) is 0 Å². The largest absolute Gasteiger partial charge is 0.486 e. The van der Waals surface area contributed by atoms with Crippen LogP contribution in [0.5, 0.6) is 11.5 Å². The maximum atomic E-state index is 12.9. The number of hydrogen-bond donors (Lipinski definition) is 1. The Kier molecular flexibility index (Phi) is 5.45. The highest BCUT2D eigenvalue weighted by Gasteiger charge is 2.29. The summed E-state index contributed by atoms with van der Waals surface area (Å²) >= 11 is 0. The summed E-state index contributed by atoms with van der Waals surface area (Å²) in [5.41, 5.74) is 5.43. The third kappa shape index (κ3) is 3.88. The molecular weight excluding hydrogens is 346 g/mol. The van der Waals surface area contributed by atoms with Crippen molar-refractivity contribution in [3.63, 3.8) is 0 Å². The summed E-state index contributed by atoms with van der Waals surface area (Å²) in [6, 6.07) is 4.66. The Balaban J connectivity index is 1.75. The summed E-state index contributed by atoms with van der Waals surface area (Å²) in [4.78, 5) is 13.9. The first-order chi connectivity index (χ1) is 12.0. The topological polar surface area (TPSA) is 102 Å². The number of amides is 1. The van der Waals surface area contributed by atoms with Crippen molar-refractivity contribution in [1.82, 2.24) is 9.21 Å². The third-order valence-electron chi connectivity index (χ3n) is 4.32. The number of nitrogens with zero attached hydrogens (tertiary/aromatic N) is 2. The van der Waals surface area contributed by atoms with Crippen LogP contribution in [0.15, 0.2) is 23.1 Å². The van der Waals surface area contributed by atoms with Gasteiger partial charge in [0.2, 0.25) is 15.9 Å². The van der Waals surface area contributed by atoms with Gasteiger partial charge in [-0.05, 0) is 18.6 Å². The van der Waals surface area contributed by atoms with Gasteiger partial charge in [0, 0.05) is 45.2 Å². The third-order valence-corrected chi connectivity index (χ3v) is 6.21. The SMILES string of the molecule is NCCC(=O)N1CCCN(S(=O)(=O)c2ccc3c(c2)OCCO3)CC1. The highest BCUT2D eigenvalue weighted by molar-refractivity contribution is 7.89. The van der Waals surface area contributed by atoms with Gasteiger partial charge in [-0.25, -0.2) is 8.42 Å². The molecule has 1 fully saturated rings.